The molecule has 510 valence electrons. The molecule has 0 amide bonds. The predicted octanol–water partition coefficient (Wildman–Crippen LogP) is 19.0. The van der Waals surface area contributed by atoms with Crippen molar-refractivity contribution in [2.24, 2.45) is 5.92 Å². The number of aliphatic hydroxyl groups is 1. The monoisotopic (exact) mass is 1270 g/mol. The maximum absolute atomic E-state index is 13.0. The second-order valence-electron chi connectivity index (χ2n) is 24.7. The number of ether oxygens (including phenoxy) is 4. The Morgan fingerprint density at radius 2 is 0.535 bits per heavy atom. The quantitative estimate of drug-likeness (QED) is 0.0222. The Morgan fingerprint density at radius 3 is 0.791 bits per heavy atom. The highest BCUT2D eigenvalue weighted by Crippen LogP contribution is 2.45. The summed E-state index contributed by atoms with van der Waals surface area (Å²) in [5.41, 5.74) is 0. The molecular formula is C67H130O17P2. The number of hydrogen-bond acceptors (Lipinski definition) is 15. The van der Waals surface area contributed by atoms with Gasteiger partial charge in [-0.3, -0.25) is 37.3 Å². The van der Waals surface area contributed by atoms with Crippen LogP contribution in [0.4, 0.5) is 0 Å². The van der Waals surface area contributed by atoms with Crippen molar-refractivity contribution in [2.75, 3.05) is 39.6 Å². The van der Waals surface area contributed by atoms with Crippen LogP contribution in [0.1, 0.15) is 343 Å². The van der Waals surface area contributed by atoms with Gasteiger partial charge in [0.15, 0.2) is 12.2 Å². The van der Waals surface area contributed by atoms with Crippen molar-refractivity contribution in [3.63, 3.8) is 0 Å². The van der Waals surface area contributed by atoms with Crippen LogP contribution in [0.3, 0.4) is 0 Å². The van der Waals surface area contributed by atoms with Crippen molar-refractivity contribution in [1.82, 2.24) is 0 Å². The van der Waals surface area contributed by atoms with E-state index in [4.69, 9.17) is 37.0 Å². The van der Waals surface area contributed by atoms with Gasteiger partial charge >= 0.3 is 39.5 Å². The summed E-state index contributed by atoms with van der Waals surface area (Å²) in [5.74, 6) is -1.40. The molecule has 0 rings (SSSR count). The summed E-state index contributed by atoms with van der Waals surface area (Å²) in [6.07, 6.45) is 45.6. The van der Waals surface area contributed by atoms with Crippen LogP contribution in [-0.2, 0) is 65.4 Å². The summed E-state index contributed by atoms with van der Waals surface area (Å²) >= 11 is 0. The number of unbranched alkanes of at least 4 members (excludes halogenated alkanes) is 39. The zero-order valence-corrected chi connectivity index (χ0v) is 57.2. The Bertz CT molecular complexity index is 1670. The molecule has 0 aliphatic rings. The number of phosphoric acid groups is 2. The van der Waals surface area contributed by atoms with Crippen LogP contribution in [0.25, 0.3) is 0 Å². The molecule has 0 aliphatic heterocycles. The number of phosphoric ester groups is 2. The van der Waals surface area contributed by atoms with Gasteiger partial charge in [-0.05, 0) is 31.6 Å². The Kier molecular flexibility index (Phi) is 59.2. The first-order valence-corrected chi connectivity index (χ1v) is 38.1. The summed E-state index contributed by atoms with van der Waals surface area (Å²) in [4.78, 5) is 72.4. The van der Waals surface area contributed by atoms with Crippen LogP contribution < -0.4 is 0 Å². The number of carbonyl (C=O) groups is 4. The van der Waals surface area contributed by atoms with E-state index >= 15 is 0 Å². The Morgan fingerprint density at radius 1 is 0.314 bits per heavy atom. The molecule has 0 spiro atoms. The van der Waals surface area contributed by atoms with E-state index in [0.29, 0.717) is 25.7 Å². The molecule has 0 aromatic carbocycles. The lowest BCUT2D eigenvalue weighted by Gasteiger charge is -2.21. The zero-order chi connectivity index (χ0) is 63.5. The highest BCUT2D eigenvalue weighted by Gasteiger charge is 2.30. The lowest BCUT2D eigenvalue weighted by molar-refractivity contribution is -0.161. The van der Waals surface area contributed by atoms with Crippen molar-refractivity contribution in [1.29, 1.82) is 0 Å². The molecule has 0 saturated carbocycles. The van der Waals surface area contributed by atoms with E-state index in [1.54, 1.807) is 0 Å². The van der Waals surface area contributed by atoms with Gasteiger partial charge in [0.1, 0.15) is 19.3 Å². The topological polar surface area (TPSA) is 237 Å². The maximum Gasteiger partial charge on any atom is 0.472 e. The van der Waals surface area contributed by atoms with Gasteiger partial charge in [-0.25, -0.2) is 9.13 Å². The summed E-state index contributed by atoms with van der Waals surface area (Å²) in [6.45, 7) is 7.19. The van der Waals surface area contributed by atoms with Crippen LogP contribution in [0, 0.1) is 5.92 Å². The number of hydrogen-bond donors (Lipinski definition) is 3. The first kappa shape index (κ1) is 84.1. The van der Waals surface area contributed by atoms with Crippen LogP contribution in [-0.4, -0.2) is 96.7 Å². The molecule has 86 heavy (non-hydrogen) atoms. The summed E-state index contributed by atoms with van der Waals surface area (Å²) in [6, 6.07) is 0. The van der Waals surface area contributed by atoms with E-state index in [2.05, 4.69) is 34.6 Å². The first-order chi connectivity index (χ1) is 41.5. The van der Waals surface area contributed by atoms with Gasteiger partial charge in [-0.1, -0.05) is 291 Å². The largest absolute Gasteiger partial charge is 0.472 e. The molecule has 0 fully saturated rings. The summed E-state index contributed by atoms with van der Waals surface area (Å²) in [7, 11) is -9.89. The molecule has 0 aliphatic carbocycles. The van der Waals surface area contributed by atoms with E-state index in [-0.39, 0.29) is 25.7 Å². The van der Waals surface area contributed by atoms with Crippen molar-refractivity contribution in [3.8, 4) is 0 Å². The van der Waals surface area contributed by atoms with Gasteiger partial charge in [-0.2, -0.15) is 0 Å². The van der Waals surface area contributed by atoms with Gasteiger partial charge in [0.2, 0.25) is 0 Å². The van der Waals surface area contributed by atoms with Crippen molar-refractivity contribution in [2.45, 2.75) is 361 Å². The number of carbonyl (C=O) groups excluding carboxylic acids is 4. The van der Waals surface area contributed by atoms with E-state index in [1.807, 2.05) is 0 Å². The third-order valence-corrected chi connectivity index (χ3v) is 17.4. The average Bonchev–Trinajstić information content (AvgIpc) is 3.61. The summed E-state index contributed by atoms with van der Waals surface area (Å²) < 4.78 is 68.1. The van der Waals surface area contributed by atoms with Crippen molar-refractivity contribution < 1.29 is 80.2 Å². The Labute approximate surface area is 524 Å². The molecular weight excluding hydrogens is 1140 g/mol. The van der Waals surface area contributed by atoms with Crippen LogP contribution >= 0.6 is 15.6 Å². The minimum atomic E-state index is -4.95. The SMILES string of the molecule is CCCCCCCCCCCCCCCC(=O)O[C@H](COC(=O)CCCCCCCCCCC(C)C)COP(=O)(O)OC[C@@H](O)COP(=O)(O)OC[C@@H](COC(=O)CCCCCCCCCCCCC)OC(=O)CCCCCCCCCCCCC. The maximum atomic E-state index is 13.0. The van der Waals surface area contributed by atoms with E-state index in [0.717, 1.165) is 95.8 Å². The number of aliphatic hydroxyl groups excluding tert-OH is 1. The minimum absolute atomic E-state index is 0.107. The minimum Gasteiger partial charge on any atom is -0.462 e. The molecule has 5 atom stereocenters. The second kappa shape index (κ2) is 60.6. The van der Waals surface area contributed by atoms with E-state index in [1.165, 1.54) is 167 Å². The highest BCUT2D eigenvalue weighted by molar-refractivity contribution is 7.47. The van der Waals surface area contributed by atoms with Gasteiger partial charge in [0, 0.05) is 25.7 Å². The predicted molar refractivity (Wildman–Crippen MR) is 345 cm³/mol. The molecule has 0 bridgehead atoms. The molecule has 0 aromatic rings. The van der Waals surface area contributed by atoms with Crippen LogP contribution in [0.2, 0.25) is 0 Å². The normalized spacial score (nSPS) is 14.2. The molecule has 3 N–H and O–H groups in total. The van der Waals surface area contributed by atoms with E-state index < -0.39 is 97.5 Å². The first-order valence-electron chi connectivity index (χ1n) is 35.1. The van der Waals surface area contributed by atoms with Crippen molar-refractivity contribution in [3.05, 3.63) is 0 Å². The molecule has 17 nitrogen and oxygen atoms in total. The third-order valence-electron chi connectivity index (χ3n) is 15.5. The molecule has 0 radical (unpaired) electrons. The summed E-state index contributed by atoms with van der Waals surface area (Å²) in [5, 5.41) is 10.6. The Hall–Kier alpha value is -1.94. The zero-order valence-electron chi connectivity index (χ0n) is 55.4. The fraction of sp³-hybridized carbons (Fsp3) is 0.940. The Balaban J connectivity index is 5.25. The molecule has 19 heteroatoms. The standard InChI is InChI=1S/C67H130O17P2/c1-6-9-12-15-18-21-24-25-28-31-38-43-48-53-67(72)84-63(57-78-65(70)51-46-41-36-33-32-34-39-44-49-60(4)5)59-82-86(75,76)80-55-61(68)54-79-85(73,74)81-58-62(83-66(71)52-47-42-37-30-27-23-20-17-14-11-8-3)56-77-64(69)50-45-40-35-29-26-22-19-16-13-10-7-2/h60-63,68H,6-59H2,1-5H3,(H,73,74)(H,75,76)/t61-,62+,63+/m0/s1. The van der Waals surface area contributed by atoms with Gasteiger partial charge in [0.05, 0.1) is 26.4 Å². The van der Waals surface area contributed by atoms with Crippen LogP contribution in [0.15, 0.2) is 0 Å². The van der Waals surface area contributed by atoms with Crippen LogP contribution in [0.5, 0.6) is 0 Å². The lowest BCUT2D eigenvalue weighted by Crippen LogP contribution is -2.30. The number of rotatable bonds is 67. The fourth-order valence-corrected chi connectivity index (χ4v) is 11.7. The van der Waals surface area contributed by atoms with E-state index in [9.17, 15) is 43.2 Å². The third kappa shape index (κ3) is 60.9. The van der Waals surface area contributed by atoms with Gasteiger partial charge in [-0.15, -0.1) is 0 Å². The smallest absolute Gasteiger partial charge is 0.462 e. The average molecular weight is 1270 g/mol. The van der Waals surface area contributed by atoms with Gasteiger partial charge in [0.25, 0.3) is 0 Å². The number of esters is 4. The lowest BCUT2D eigenvalue weighted by atomic mass is 10.0. The molecule has 0 aromatic heterocycles. The molecule has 0 heterocycles. The fourth-order valence-electron chi connectivity index (χ4n) is 10.1. The molecule has 2 unspecified atom stereocenters. The van der Waals surface area contributed by atoms with Gasteiger partial charge < -0.3 is 33.8 Å². The highest BCUT2D eigenvalue weighted by atomic mass is 31.2. The second-order valence-corrected chi connectivity index (χ2v) is 27.6. The van der Waals surface area contributed by atoms with Crippen molar-refractivity contribution >= 4 is 39.5 Å². The molecule has 0 saturated heterocycles.